The number of nitrogens with zero attached hydrogens (tertiary/aromatic N) is 1. The molecule has 9 heteroatoms. The van der Waals surface area contributed by atoms with Crippen LogP contribution in [0.15, 0.2) is 34.8 Å². The van der Waals surface area contributed by atoms with Crippen LogP contribution >= 0.6 is 51.3 Å². The summed E-state index contributed by atoms with van der Waals surface area (Å²) in [6, 6.07) is 8.57. The molecule has 1 N–H and O–H groups in total. The number of ether oxygens (including phenoxy) is 2. The first-order valence-electron chi connectivity index (χ1n) is 8.93. The van der Waals surface area contributed by atoms with Crippen molar-refractivity contribution in [3.8, 4) is 11.5 Å². The Morgan fingerprint density at radius 1 is 1.21 bits per heavy atom. The molecule has 0 aliphatic carbocycles. The molecule has 1 aliphatic rings. The number of methoxy groups -OCH3 is 1. The SMILES string of the molecule is COc1cc(C(=S)N2CCCC2)cc(Br)c1OCC(=O)Nc1ccc(Cl)c(Cl)c1. The van der Waals surface area contributed by atoms with Crippen molar-refractivity contribution in [1.82, 2.24) is 4.90 Å². The molecule has 29 heavy (non-hydrogen) atoms. The maximum atomic E-state index is 12.2. The number of likely N-dealkylation sites (tertiary alicyclic amines) is 1. The molecule has 0 spiro atoms. The van der Waals surface area contributed by atoms with E-state index in [0.717, 1.165) is 36.5 Å². The van der Waals surface area contributed by atoms with Gasteiger partial charge in [-0.25, -0.2) is 0 Å². The molecule has 1 amide bonds. The molecular weight excluding hydrogens is 499 g/mol. The quantitative estimate of drug-likeness (QED) is 0.509. The van der Waals surface area contributed by atoms with Crippen LogP contribution in [-0.4, -0.2) is 42.6 Å². The Bertz CT molecular complexity index is 936. The summed E-state index contributed by atoms with van der Waals surface area (Å²) in [7, 11) is 1.55. The molecule has 0 bridgehead atoms. The lowest BCUT2D eigenvalue weighted by atomic mass is 10.2. The molecule has 2 aromatic rings. The van der Waals surface area contributed by atoms with Gasteiger partial charge in [0.1, 0.15) is 4.99 Å². The van der Waals surface area contributed by atoms with E-state index < -0.39 is 0 Å². The Balaban J connectivity index is 1.68. The third kappa shape index (κ3) is 5.54. The zero-order chi connectivity index (χ0) is 21.0. The fourth-order valence-electron chi connectivity index (χ4n) is 2.99. The van der Waals surface area contributed by atoms with Crippen LogP contribution in [0.25, 0.3) is 0 Å². The zero-order valence-corrected chi connectivity index (χ0v) is 19.6. The van der Waals surface area contributed by atoms with Gasteiger partial charge in [0.25, 0.3) is 5.91 Å². The monoisotopic (exact) mass is 516 g/mol. The van der Waals surface area contributed by atoms with E-state index in [1.54, 1.807) is 25.3 Å². The van der Waals surface area contributed by atoms with Crippen molar-refractivity contribution in [2.45, 2.75) is 12.8 Å². The summed E-state index contributed by atoms with van der Waals surface area (Å²) in [6.07, 6.45) is 2.29. The van der Waals surface area contributed by atoms with E-state index in [1.807, 2.05) is 12.1 Å². The molecule has 1 saturated heterocycles. The van der Waals surface area contributed by atoms with Crippen molar-refractivity contribution in [3.05, 3.63) is 50.4 Å². The number of benzene rings is 2. The Morgan fingerprint density at radius 3 is 2.59 bits per heavy atom. The van der Waals surface area contributed by atoms with Gasteiger partial charge in [0, 0.05) is 24.3 Å². The van der Waals surface area contributed by atoms with Gasteiger partial charge in [0.15, 0.2) is 18.1 Å². The van der Waals surface area contributed by atoms with Crippen molar-refractivity contribution in [3.63, 3.8) is 0 Å². The van der Waals surface area contributed by atoms with Crippen molar-refractivity contribution in [2.75, 3.05) is 32.1 Å². The predicted molar refractivity (Wildman–Crippen MR) is 124 cm³/mol. The summed E-state index contributed by atoms with van der Waals surface area (Å²) < 4.78 is 11.8. The highest BCUT2D eigenvalue weighted by Crippen LogP contribution is 2.37. The molecule has 0 aromatic heterocycles. The number of amides is 1. The number of carbonyl (C=O) groups excluding carboxylic acids is 1. The maximum Gasteiger partial charge on any atom is 0.262 e. The predicted octanol–water partition coefficient (Wildman–Crippen LogP) is 5.55. The van der Waals surface area contributed by atoms with Gasteiger partial charge >= 0.3 is 0 Å². The van der Waals surface area contributed by atoms with Crippen molar-refractivity contribution >= 4 is 67.9 Å². The molecule has 3 rings (SSSR count). The zero-order valence-electron chi connectivity index (χ0n) is 15.6. The summed E-state index contributed by atoms with van der Waals surface area (Å²) in [4.78, 5) is 15.2. The standard InChI is InChI=1S/C20H19BrCl2N2O3S/c1-27-17-9-12(20(29)25-6-2-3-7-25)8-14(21)19(17)28-11-18(26)24-13-4-5-15(22)16(23)10-13/h4-5,8-10H,2-3,6-7,11H2,1H3,(H,24,26). The van der Waals surface area contributed by atoms with Gasteiger partial charge in [0.2, 0.25) is 0 Å². The first-order valence-corrected chi connectivity index (χ1v) is 10.9. The highest BCUT2D eigenvalue weighted by molar-refractivity contribution is 9.10. The van der Waals surface area contributed by atoms with E-state index in [-0.39, 0.29) is 12.5 Å². The van der Waals surface area contributed by atoms with Gasteiger partial charge < -0.3 is 19.7 Å². The highest BCUT2D eigenvalue weighted by Gasteiger charge is 2.20. The van der Waals surface area contributed by atoms with Gasteiger partial charge in [-0.1, -0.05) is 35.4 Å². The molecule has 2 aromatic carbocycles. The fraction of sp³-hybridized carbons (Fsp3) is 0.300. The number of anilines is 1. The molecule has 154 valence electrons. The second kappa shape index (κ2) is 9.98. The minimum atomic E-state index is -0.339. The van der Waals surface area contributed by atoms with Gasteiger partial charge in [-0.05, 0) is 59.1 Å². The Kier molecular flexibility index (Phi) is 7.62. The van der Waals surface area contributed by atoms with E-state index in [9.17, 15) is 4.79 Å². The van der Waals surface area contributed by atoms with E-state index in [4.69, 9.17) is 44.9 Å². The largest absolute Gasteiger partial charge is 0.493 e. The second-order valence-corrected chi connectivity index (χ2v) is 8.51. The molecular formula is C20H19BrCl2N2O3S. The first kappa shape index (κ1) is 22.2. The van der Waals surface area contributed by atoms with Gasteiger partial charge in [0.05, 0.1) is 21.6 Å². The van der Waals surface area contributed by atoms with Crippen LogP contribution in [-0.2, 0) is 4.79 Å². The average Bonchev–Trinajstić information content (AvgIpc) is 3.23. The van der Waals surface area contributed by atoms with E-state index in [1.165, 1.54) is 0 Å². The van der Waals surface area contributed by atoms with E-state index >= 15 is 0 Å². The van der Waals surface area contributed by atoms with Gasteiger partial charge in [-0.2, -0.15) is 0 Å². The molecule has 5 nitrogen and oxygen atoms in total. The van der Waals surface area contributed by atoms with Crippen LogP contribution in [0.3, 0.4) is 0 Å². The summed E-state index contributed by atoms with van der Waals surface area (Å²) in [5, 5.41) is 3.49. The number of hydrogen-bond acceptors (Lipinski definition) is 4. The van der Waals surface area contributed by atoms with Crippen molar-refractivity contribution in [2.24, 2.45) is 0 Å². The third-order valence-electron chi connectivity index (χ3n) is 4.42. The second-order valence-electron chi connectivity index (χ2n) is 6.45. The summed E-state index contributed by atoms with van der Waals surface area (Å²) in [5.41, 5.74) is 1.41. The topological polar surface area (TPSA) is 50.8 Å². The van der Waals surface area contributed by atoms with E-state index in [2.05, 4.69) is 26.1 Å². The summed E-state index contributed by atoms with van der Waals surface area (Å²) in [5.74, 6) is 0.594. The Morgan fingerprint density at radius 2 is 1.93 bits per heavy atom. The normalized spacial score (nSPS) is 13.3. The lowest BCUT2D eigenvalue weighted by Gasteiger charge is -2.20. The average molecular weight is 518 g/mol. The van der Waals surface area contributed by atoms with Crippen molar-refractivity contribution < 1.29 is 14.3 Å². The molecule has 1 fully saturated rings. The molecule has 0 saturated carbocycles. The van der Waals surface area contributed by atoms with Crippen LogP contribution in [0.1, 0.15) is 18.4 Å². The van der Waals surface area contributed by atoms with Crippen LogP contribution in [0.2, 0.25) is 10.0 Å². The molecule has 0 atom stereocenters. The lowest BCUT2D eigenvalue weighted by molar-refractivity contribution is -0.118. The van der Waals surface area contributed by atoms with Crippen molar-refractivity contribution in [1.29, 1.82) is 0 Å². The lowest BCUT2D eigenvalue weighted by Crippen LogP contribution is -2.26. The first-order chi connectivity index (χ1) is 13.9. The fourth-order valence-corrected chi connectivity index (χ4v) is 4.15. The van der Waals surface area contributed by atoms with Gasteiger partial charge in [-0.3, -0.25) is 4.79 Å². The van der Waals surface area contributed by atoms with Crippen LogP contribution < -0.4 is 14.8 Å². The summed E-state index contributed by atoms with van der Waals surface area (Å²) in [6.45, 7) is 1.73. The number of carbonyl (C=O) groups is 1. The number of nitrogens with one attached hydrogen (secondary N) is 1. The number of thiocarbonyl (C=S) groups is 1. The Hall–Kier alpha value is -1.54. The van der Waals surface area contributed by atoms with E-state index in [0.29, 0.717) is 31.7 Å². The smallest absolute Gasteiger partial charge is 0.262 e. The minimum Gasteiger partial charge on any atom is -0.493 e. The molecule has 1 heterocycles. The highest BCUT2D eigenvalue weighted by atomic mass is 79.9. The number of rotatable bonds is 6. The molecule has 1 aliphatic heterocycles. The van der Waals surface area contributed by atoms with Crippen LogP contribution in [0, 0.1) is 0 Å². The number of halogens is 3. The third-order valence-corrected chi connectivity index (χ3v) is 6.24. The van der Waals surface area contributed by atoms with Crippen LogP contribution in [0.5, 0.6) is 11.5 Å². The number of hydrogen-bond donors (Lipinski definition) is 1. The molecule has 0 unspecified atom stereocenters. The van der Waals surface area contributed by atoms with Gasteiger partial charge in [-0.15, -0.1) is 0 Å². The summed E-state index contributed by atoms with van der Waals surface area (Å²) >= 11 is 21.0. The molecule has 0 radical (unpaired) electrons. The van der Waals surface area contributed by atoms with Crippen LogP contribution in [0.4, 0.5) is 5.69 Å². The Labute approximate surface area is 193 Å². The minimum absolute atomic E-state index is 0.203. The maximum absolute atomic E-state index is 12.2.